The summed E-state index contributed by atoms with van der Waals surface area (Å²) in [7, 11) is 0. The van der Waals surface area contributed by atoms with Crippen molar-refractivity contribution >= 4 is 17.8 Å². The summed E-state index contributed by atoms with van der Waals surface area (Å²) < 4.78 is 4.76. The molecule has 0 aliphatic carbocycles. The predicted molar refractivity (Wildman–Crippen MR) is 77.8 cm³/mol. The fraction of sp³-hybridized carbons (Fsp3) is 0.786. The standard InChI is InChI=1S/C14H26N2O5/c1-4-21-13(18)6-5-7-15-12(17)9-16-11(14(19)20)8-10(2)3/h10-11,16H,4-9H2,1-3H3,(H,15,17)(H,19,20). The van der Waals surface area contributed by atoms with Gasteiger partial charge in [0, 0.05) is 13.0 Å². The molecule has 0 aliphatic rings. The molecule has 0 saturated carbocycles. The molecule has 0 bridgehead atoms. The van der Waals surface area contributed by atoms with Gasteiger partial charge >= 0.3 is 11.9 Å². The second-order valence-corrected chi connectivity index (χ2v) is 5.16. The maximum Gasteiger partial charge on any atom is 0.320 e. The van der Waals surface area contributed by atoms with Gasteiger partial charge in [0.05, 0.1) is 13.2 Å². The fourth-order valence-electron chi connectivity index (χ4n) is 1.71. The van der Waals surface area contributed by atoms with E-state index < -0.39 is 12.0 Å². The summed E-state index contributed by atoms with van der Waals surface area (Å²) in [5.74, 6) is -1.30. The molecule has 3 N–H and O–H groups in total. The van der Waals surface area contributed by atoms with E-state index in [0.717, 1.165) is 0 Å². The molecule has 122 valence electrons. The molecule has 0 heterocycles. The molecule has 0 aromatic carbocycles. The quantitative estimate of drug-likeness (QED) is 0.380. The molecule has 0 fully saturated rings. The molecule has 0 aliphatic heterocycles. The lowest BCUT2D eigenvalue weighted by molar-refractivity contribution is -0.143. The Hall–Kier alpha value is -1.63. The van der Waals surface area contributed by atoms with E-state index in [9.17, 15) is 14.4 Å². The van der Waals surface area contributed by atoms with Crippen molar-refractivity contribution < 1.29 is 24.2 Å². The van der Waals surface area contributed by atoms with Crippen molar-refractivity contribution in [1.29, 1.82) is 0 Å². The molecule has 0 saturated heterocycles. The van der Waals surface area contributed by atoms with E-state index in [1.54, 1.807) is 6.92 Å². The van der Waals surface area contributed by atoms with E-state index in [2.05, 4.69) is 10.6 Å². The number of aliphatic carboxylic acids is 1. The van der Waals surface area contributed by atoms with Crippen molar-refractivity contribution in [2.24, 2.45) is 5.92 Å². The normalized spacial score (nSPS) is 12.0. The minimum Gasteiger partial charge on any atom is -0.480 e. The summed E-state index contributed by atoms with van der Waals surface area (Å²) in [6, 6.07) is -0.727. The molecule has 7 nitrogen and oxygen atoms in total. The summed E-state index contributed by atoms with van der Waals surface area (Å²) in [5.41, 5.74) is 0. The highest BCUT2D eigenvalue weighted by Gasteiger charge is 2.19. The smallest absolute Gasteiger partial charge is 0.320 e. The minimum absolute atomic E-state index is 0.0525. The Labute approximate surface area is 125 Å². The summed E-state index contributed by atoms with van der Waals surface area (Å²) in [4.78, 5) is 33.6. The number of hydrogen-bond acceptors (Lipinski definition) is 5. The Bertz CT molecular complexity index is 344. The molecule has 1 atom stereocenters. The Kier molecular flexibility index (Phi) is 10.2. The third-order valence-corrected chi connectivity index (χ3v) is 2.70. The topological polar surface area (TPSA) is 105 Å². The van der Waals surface area contributed by atoms with Crippen LogP contribution in [0.15, 0.2) is 0 Å². The maximum absolute atomic E-state index is 11.5. The Morgan fingerprint density at radius 2 is 1.90 bits per heavy atom. The first kappa shape index (κ1) is 19.4. The van der Waals surface area contributed by atoms with Gasteiger partial charge in [0.25, 0.3) is 0 Å². The number of carboxylic acid groups (broad SMARTS) is 1. The number of ether oxygens (including phenoxy) is 1. The van der Waals surface area contributed by atoms with Crippen LogP contribution < -0.4 is 10.6 Å². The molecule has 0 spiro atoms. The van der Waals surface area contributed by atoms with Gasteiger partial charge in [0.2, 0.25) is 5.91 Å². The largest absolute Gasteiger partial charge is 0.480 e. The van der Waals surface area contributed by atoms with Crippen LogP contribution in [-0.4, -0.2) is 48.7 Å². The third-order valence-electron chi connectivity index (χ3n) is 2.70. The zero-order valence-corrected chi connectivity index (χ0v) is 13.0. The van der Waals surface area contributed by atoms with E-state index in [4.69, 9.17) is 9.84 Å². The van der Waals surface area contributed by atoms with E-state index in [1.807, 2.05) is 13.8 Å². The van der Waals surface area contributed by atoms with Crippen molar-refractivity contribution in [3.8, 4) is 0 Å². The van der Waals surface area contributed by atoms with Gasteiger partial charge in [-0.05, 0) is 25.7 Å². The molecule has 0 aromatic rings. The molecule has 1 unspecified atom stereocenters. The lowest BCUT2D eigenvalue weighted by Gasteiger charge is -2.16. The number of amides is 1. The zero-order valence-electron chi connectivity index (χ0n) is 13.0. The van der Waals surface area contributed by atoms with Crippen molar-refractivity contribution in [2.45, 2.75) is 46.1 Å². The molecular weight excluding hydrogens is 276 g/mol. The van der Waals surface area contributed by atoms with Crippen LogP contribution >= 0.6 is 0 Å². The molecule has 0 aromatic heterocycles. The molecular formula is C14H26N2O5. The van der Waals surface area contributed by atoms with Gasteiger partial charge in [-0.1, -0.05) is 13.8 Å². The number of carbonyl (C=O) groups is 3. The van der Waals surface area contributed by atoms with Crippen LogP contribution in [0.5, 0.6) is 0 Å². The Morgan fingerprint density at radius 1 is 1.24 bits per heavy atom. The van der Waals surface area contributed by atoms with Gasteiger partial charge in [0.15, 0.2) is 0 Å². The summed E-state index contributed by atoms with van der Waals surface area (Å²) >= 11 is 0. The second kappa shape index (κ2) is 11.1. The average Bonchev–Trinajstić information content (AvgIpc) is 2.39. The Balaban J connectivity index is 3.83. The highest BCUT2D eigenvalue weighted by molar-refractivity contribution is 5.79. The highest BCUT2D eigenvalue weighted by Crippen LogP contribution is 2.04. The van der Waals surface area contributed by atoms with Gasteiger partial charge in [-0.2, -0.15) is 0 Å². The van der Waals surface area contributed by atoms with Gasteiger partial charge in [-0.15, -0.1) is 0 Å². The van der Waals surface area contributed by atoms with Crippen molar-refractivity contribution in [3.05, 3.63) is 0 Å². The van der Waals surface area contributed by atoms with Gasteiger partial charge in [-0.3, -0.25) is 19.7 Å². The van der Waals surface area contributed by atoms with Crippen LogP contribution in [0.25, 0.3) is 0 Å². The number of esters is 1. The SMILES string of the molecule is CCOC(=O)CCCNC(=O)CNC(CC(C)C)C(=O)O. The number of carboxylic acids is 1. The van der Waals surface area contributed by atoms with E-state index in [-0.39, 0.29) is 30.8 Å². The first-order chi connectivity index (χ1) is 9.86. The van der Waals surface area contributed by atoms with Crippen LogP contribution in [0.4, 0.5) is 0 Å². The van der Waals surface area contributed by atoms with Crippen LogP contribution in [0.1, 0.15) is 40.0 Å². The van der Waals surface area contributed by atoms with E-state index in [1.165, 1.54) is 0 Å². The number of nitrogens with one attached hydrogen (secondary N) is 2. The van der Waals surface area contributed by atoms with E-state index >= 15 is 0 Å². The van der Waals surface area contributed by atoms with Gasteiger partial charge < -0.3 is 15.2 Å². The van der Waals surface area contributed by atoms with E-state index in [0.29, 0.717) is 26.0 Å². The molecule has 7 heteroatoms. The second-order valence-electron chi connectivity index (χ2n) is 5.16. The van der Waals surface area contributed by atoms with Crippen LogP contribution in [0.3, 0.4) is 0 Å². The van der Waals surface area contributed by atoms with Crippen molar-refractivity contribution in [2.75, 3.05) is 19.7 Å². The summed E-state index contributed by atoms with van der Waals surface area (Å²) in [6.07, 6.45) is 1.22. The van der Waals surface area contributed by atoms with Gasteiger partial charge in [-0.25, -0.2) is 0 Å². The highest BCUT2D eigenvalue weighted by atomic mass is 16.5. The number of rotatable bonds is 11. The summed E-state index contributed by atoms with van der Waals surface area (Å²) in [6.45, 7) is 6.24. The summed E-state index contributed by atoms with van der Waals surface area (Å²) in [5, 5.41) is 14.4. The lowest BCUT2D eigenvalue weighted by Crippen LogP contribution is -2.43. The Morgan fingerprint density at radius 3 is 2.43 bits per heavy atom. The number of hydrogen-bond donors (Lipinski definition) is 3. The molecule has 0 rings (SSSR count). The van der Waals surface area contributed by atoms with Crippen LogP contribution in [0, 0.1) is 5.92 Å². The fourth-order valence-corrected chi connectivity index (χ4v) is 1.71. The molecule has 21 heavy (non-hydrogen) atoms. The molecule has 0 radical (unpaired) electrons. The average molecular weight is 302 g/mol. The zero-order chi connectivity index (χ0) is 16.3. The van der Waals surface area contributed by atoms with Crippen LogP contribution in [0.2, 0.25) is 0 Å². The predicted octanol–water partition coefficient (Wildman–Crippen LogP) is 0.535. The first-order valence-electron chi connectivity index (χ1n) is 7.25. The monoisotopic (exact) mass is 302 g/mol. The minimum atomic E-state index is -0.959. The molecule has 1 amide bonds. The lowest BCUT2D eigenvalue weighted by atomic mass is 10.0. The number of carbonyl (C=O) groups excluding carboxylic acids is 2. The van der Waals surface area contributed by atoms with Crippen molar-refractivity contribution in [3.63, 3.8) is 0 Å². The van der Waals surface area contributed by atoms with Gasteiger partial charge in [0.1, 0.15) is 6.04 Å². The third kappa shape index (κ3) is 10.8. The first-order valence-corrected chi connectivity index (χ1v) is 7.25. The van der Waals surface area contributed by atoms with Crippen molar-refractivity contribution in [1.82, 2.24) is 10.6 Å². The van der Waals surface area contributed by atoms with Crippen LogP contribution in [-0.2, 0) is 19.1 Å². The maximum atomic E-state index is 11.5.